The highest BCUT2D eigenvalue weighted by Crippen LogP contribution is 2.22. The highest BCUT2D eigenvalue weighted by molar-refractivity contribution is 7.08. The Morgan fingerprint density at radius 1 is 1.33 bits per heavy atom. The van der Waals surface area contributed by atoms with Crippen molar-refractivity contribution in [2.75, 3.05) is 5.32 Å². The van der Waals surface area contributed by atoms with Crippen molar-refractivity contribution in [2.45, 2.75) is 6.92 Å². The average Bonchev–Trinajstić information content (AvgIpc) is 2.73. The molecule has 0 aliphatic carbocycles. The zero-order chi connectivity index (χ0) is 10.7. The normalized spacial score (nSPS) is 9.60. The molecule has 74 valence electrons. The van der Waals surface area contributed by atoms with Gasteiger partial charge in [-0.3, -0.25) is 0 Å². The van der Waals surface area contributed by atoms with Gasteiger partial charge in [-0.25, -0.2) is 0 Å². The predicted molar refractivity (Wildman–Crippen MR) is 63.5 cm³/mol. The number of anilines is 2. The van der Waals surface area contributed by atoms with Crippen LogP contribution in [-0.2, 0) is 0 Å². The van der Waals surface area contributed by atoms with Gasteiger partial charge in [0.1, 0.15) is 6.07 Å². The van der Waals surface area contributed by atoms with Gasteiger partial charge in [-0.05, 0) is 36.1 Å². The molecule has 0 saturated heterocycles. The van der Waals surface area contributed by atoms with E-state index in [0.717, 1.165) is 16.9 Å². The summed E-state index contributed by atoms with van der Waals surface area (Å²) in [5.74, 6) is 0. The molecule has 2 aromatic rings. The maximum absolute atomic E-state index is 8.98. The van der Waals surface area contributed by atoms with Gasteiger partial charge in [0.25, 0.3) is 0 Å². The molecule has 2 rings (SSSR count). The fraction of sp³-hybridized carbons (Fsp3) is 0.0833. The summed E-state index contributed by atoms with van der Waals surface area (Å²) in [5.41, 5.74) is 3.67. The van der Waals surface area contributed by atoms with Gasteiger partial charge in [0.15, 0.2) is 0 Å². The molecule has 1 heterocycles. The van der Waals surface area contributed by atoms with Gasteiger partial charge < -0.3 is 5.32 Å². The minimum absolute atomic E-state index is 0.682. The molecule has 1 N–H and O–H groups in total. The van der Waals surface area contributed by atoms with E-state index in [1.807, 2.05) is 41.9 Å². The summed E-state index contributed by atoms with van der Waals surface area (Å²) in [5, 5.41) is 16.2. The van der Waals surface area contributed by atoms with E-state index in [2.05, 4.69) is 11.4 Å². The monoisotopic (exact) mass is 214 g/mol. The van der Waals surface area contributed by atoms with Crippen molar-refractivity contribution < 1.29 is 0 Å². The number of benzene rings is 1. The Labute approximate surface area is 92.8 Å². The first-order valence-electron chi connectivity index (χ1n) is 4.59. The lowest BCUT2D eigenvalue weighted by molar-refractivity contribution is 1.41. The van der Waals surface area contributed by atoms with Crippen LogP contribution in [0.3, 0.4) is 0 Å². The van der Waals surface area contributed by atoms with Gasteiger partial charge in [0.2, 0.25) is 0 Å². The third-order valence-corrected chi connectivity index (χ3v) is 2.78. The van der Waals surface area contributed by atoms with Crippen LogP contribution in [0.15, 0.2) is 35.0 Å². The van der Waals surface area contributed by atoms with Crippen LogP contribution in [-0.4, -0.2) is 0 Å². The second kappa shape index (κ2) is 4.16. The minimum atomic E-state index is 0.682. The Hall–Kier alpha value is -1.79. The summed E-state index contributed by atoms with van der Waals surface area (Å²) < 4.78 is 0. The van der Waals surface area contributed by atoms with Crippen LogP contribution >= 0.6 is 11.3 Å². The van der Waals surface area contributed by atoms with Crippen LogP contribution in [0, 0.1) is 18.3 Å². The third-order valence-electron chi connectivity index (χ3n) is 2.10. The molecular weight excluding hydrogens is 204 g/mol. The zero-order valence-corrected chi connectivity index (χ0v) is 9.14. The second-order valence-corrected chi connectivity index (χ2v) is 4.08. The molecule has 1 aromatic carbocycles. The molecular formula is C12H10N2S. The quantitative estimate of drug-likeness (QED) is 0.827. The smallest absolute Gasteiger partial charge is 0.101 e. The highest BCUT2D eigenvalue weighted by Gasteiger charge is 2.02. The molecule has 2 nitrogen and oxygen atoms in total. The third kappa shape index (κ3) is 2.17. The number of rotatable bonds is 2. The van der Waals surface area contributed by atoms with E-state index < -0.39 is 0 Å². The van der Waals surface area contributed by atoms with E-state index in [-0.39, 0.29) is 0 Å². The van der Waals surface area contributed by atoms with Crippen molar-refractivity contribution in [2.24, 2.45) is 0 Å². The van der Waals surface area contributed by atoms with E-state index in [1.54, 1.807) is 11.3 Å². The van der Waals surface area contributed by atoms with E-state index in [1.165, 1.54) is 0 Å². The van der Waals surface area contributed by atoms with E-state index >= 15 is 0 Å². The van der Waals surface area contributed by atoms with Gasteiger partial charge in [-0.1, -0.05) is 6.07 Å². The van der Waals surface area contributed by atoms with Crippen LogP contribution < -0.4 is 5.32 Å². The molecule has 0 aliphatic heterocycles. The van der Waals surface area contributed by atoms with Gasteiger partial charge in [-0.2, -0.15) is 16.6 Å². The number of hydrogen-bond acceptors (Lipinski definition) is 3. The summed E-state index contributed by atoms with van der Waals surface area (Å²) in [6, 6.07) is 10.00. The molecule has 1 aromatic heterocycles. The minimum Gasteiger partial charge on any atom is -0.354 e. The molecule has 0 unspecified atom stereocenters. The van der Waals surface area contributed by atoms with Crippen LogP contribution in [0.25, 0.3) is 0 Å². The van der Waals surface area contributed by atoms with Gasteiger partial charge >= 0.3 is 0 Å². The molecule has 0 bridgehead atoms. The van der Waals surface area contributed by atoms with Gasteiger partial charge in [0, 0.05) is 11.1 Å². The van der Waals surface area contributed by atoms with Crippen LogP contribution in [0.2, 0.25) is 0 Å². The number of thiophene rings is 1. The summed E-state index contributed by atoms with van der Waals surface area (Å²) in [4.78, 5) is 0. The number of nitrogens with zero attached hydrogens (tertiary/aromatic N) is 1. The Bertz CT molecular complexity index is 495. The first kappa shape index (κ1) is 9.75. The Morgan fingerprint density at radius 3 is 2.87 bits per heavy atom. The van der Waals surface area contributed by atoms with Crippen molar-refractivity contribution in [1.29, 1.82) is 5.26 Å². The van der Waals surface area contributed by atoms with Crippen molar-refractivity contribution in [3.05, 3.63) is 46.2 Å². The molecule has 0 aliphatic rings. The molecule has 0 atom stereocenters. The van der Waals surface area contributed by atoms with Crippen LogP contribution in [0.4, 0.5) is 11.4 Å². The first-order valence-corrected chi connectivity index (χ1v) is 5.54. The lowest BCUT2D eigenvalue weighted by atomic mass is 10.1. The zero-order valence-electron chi connectivity index (χ0n) is 8.32. The largest absolute Gasteiger partial charge is 0.354 e. The predicted octanol–water partition coefficient (Wildman–Crippen LogP) is 3.67. The van der Waals surface area contributed by atoms with E-state index in [9.17, 15) is 0 Å². The van der Waals surface area contributed by atoms with Gasteiger partial charge in [0.05, 0.1) is 11.3 Å². The fourth-order valence-electron chi connectivity index (χ4n) is 1.35. The molecule has 0 spiro atoms. The fourth-order valence-corrected chi connectivity index (χ4v) is 1.94. The standard InChI is InChI=1S/C12H10N2S/c1-9-2-3-12(10(6-9)7-13)14-11-4-5-15-8-11/h2-6,8,14H,1H3. The first-order chi connectivity index (χ1) is 7.29. The lowest BCUT2D eigenvalue weighted by Crippen LogP contribution is -1.92. The summed E-state index contributed by atoms with van der Waals surface area (Å²) in [7, 11) is 0. The Kier molecular flexibility index (Phi) is 2.70. The van der Waals surface area contributed by atoms with Crippen LogP contribution in [0.5, 0.6) is 0 Å². The molecule has 15 heavy (non-hydrogen) atoms. The van der Waals surface area contributed by atoms with Crippen molar-refractivity contribution >= 4 is 22.7 Å². The highest BCUT2D eigenvalue weighted by atomic mass is 32.1. The molecule has 0 fully saturated rings. The number of aryl methyl sites for hydroxylation is 1. The molecule has 0 saturated carbocycles. The van der Waals surface area contributed by atoms with E-state index in [4.69, 9.17) is 5.26 Å². The summed E-state index contributed by atoms with van der Waals surface area (Å²) in [6.07, 6.45) is 0. The lowest BCUT2D eigenvalue weighted by Gasteiger charge is -2.06. The van der Waals surface area contributed by atoms with Crippen molar-refractivity contribution in [1.82, 2.24) is 0 Å². The van der Waals surface area contributed by atoms with Crippen LogP contribution in [0.1, 0.15) is 11.1 Å². The maximum Gasteiger partial charge on any atom is 0.101 e. The SMILES string of the molecule is Cc1ccc(Nc2ccsc2)c(C#N)c1. The Morgan fingerprint density at radius 2 is 2.20 bits per heavy atom. The molecule has 0 radical (unpaired) electrons. The molecule has 0 amide bonds. The number of hydrogen-bond donors (Lipinski definition) is 1. The summed E-state index contributed by atoms with van der Waals surface area (Å²) in [6.45, 7) is 1.98. The van der Waals surface area contributed by atoms with Crippen molar-refractivity contribution in [3.8, 4) is 6.07 Å². The summed E-state index contributed by atoms with van der Waals surface area (Å²) >= 11 is 1.63. The second-order valence-electron chi connectivity index (χ2n) is 3.30. The maximum atomic E-state index is 8.98. The average molecular weight is 214 g/mol. The van der Waals surface area contributed by atoms with Gasteiger partial charge in [-0.15, -0.1) is 0 Å². The van der Waals surface area contributed by atoms with E-state index in [0.29, 0.717) is 5.56 Å². The topological polar surface area (TPSA) is 35.8 Å². The molecule has 3 heteroatoms. The Balaban J connectivity index is 2.33. The number of nitriles is 1. The van der Waals surface area contributed by atoms with Crippen molar-refractivity contribution in [3.63, 3.8) is 0 Å². The number of nitrogens with one attached hydrogen (secondary N) is 1.